The van der Waals surface area contributed by atoms with Gasteiger partial charge in [0.15, 0.2) is 5.05 Å². The van der Waals surface area contributed by atoms with Gasteiger partial charge in [0, 0.05) is 6.08 Å². The number of ether oxygens (including phenoxy) is 2. The number of rotatable bonds is 8. The van der Waals surface area contributed by atoms with Crippen molar-refractivity contribution in [3.8, 4) is 0 Å². The molecular weight excluding hydrogens is 224 g/mol. The fraction of sp³-hybridized carbons (Fsp3) is 0.667. The van der Waals surface area contributed by atoms with Gasteiger partial charge in [-0.1, -0.05) is 26.7 Å². The molecular formula is C12H20O3S. The normalized spacial score (nSPS) is 10.4. The lowest BCUT2D eigenvalue weighted by Gasteiger charge is -2.02. The summed E-state index contributed by atoms with van der Waals surface area (Å²) in [4.78, 5) is 11.1. The van der Waals surface area contributed by atoms with Crippen molar-refractivity contribution in [2.45, 2.75) is 39.5 Å². The Morgan fingerprint density at radius 2 is 1.62 bits per heavy atom. The van der Waals surface area contributed by atoms with E-state index < -0.39 is 0 Å². The summed E-state index contributed by atoms with van der Waals surface area (Å²) in [6.45, 7) is 5.18. The summed E-state index contributed by atoms with van der Waals surface area (Å²) in [5.41, 5.74) is 0. The predicted octanol–water partition coefficient (Wildman–Crippen LogP) is 3.03. The fourth-order valence-corrected chi connectivity index (χ4v) is 1.02. The van der Waals surface area contributed by atoms with E-state index in [0.717, 1.165) is 25.7 Å². The third kappa shape index (κ3) is 9.65. The van der Waals surface area contributed by atoms with Gasteiger partial charge in [0.1, 0.15) is 0 Å². The molecule has 0 bridgehead atoms. The summed E-state index contributed by atoms with van der Waals surface area (Å²) in [5, 5.41) is 0.334. The molecule has 0 amide bonds. The van der Waals surface area contributed by atoms with Crippen LogP contribution in [0.3, 0.4) is 0 Å². The van der Waals surface area contributed by atoms with Crippen molar-refractivity contribution < 1.29 is 14.3 Å². The van der Waals surface area contributed by atoms with Crippen molar-refractivity contribution in [2.75, 3.05) is 13.2 Å². The van der Waals surface area contributed by atoms with Gasteiger partial charge in [-0.15, -0.1) is 0 Å². The molecule has 0 saturated carbocycles. The molecule has 3 nitrogen and oxygen atoms in total. The van der Waals surface area contributed by atoms with Gasteiger partial charge in [-0.2, -0.15) is 0 Å². The highest BCUT2D eigenvalue weighted by Crippen LogP contribution is 1.94. The van der Waals surface area contributed by atoms with Crippen LogP contribution in [-0.4, -0.2) is 24.2 Å². The summed E-state index contributed by atoms with van der Waals surface area (Å²) < 4.78 is 10.1. The maximum atomic E-state index is 11.1. The van der Waals surface area contributed by atoms with Crippen molar-refractivity contribution in [3.63, 3.8) is 0 Å². The molecule has 0 rings (SSSR count). The van der Waals surface area contributed by atoms with E-state index in [9.17, 15) is 4.79 Å². The molecule has 0 spiro atoms. The highest BCUT2D eigenvalue weighted by atomic mass is 32.1. The number of hydrogen-bond acceptors (Lipinski definition) is 4. The van der Waals surface area contributed by atoms with Gasteiger partial charge in [-0.05, 0) is 31.1 Å². The molecule has 0 aliphatic heterocycles. The van der Waals surface area contributed by atoms with E-state index in [0.29, 0.717) is 18.3 Å². The van der Waals surface area contributed by atoms with Crippen molar-refractivity contribution in [1.82, 2.24) is 0 Å². The molecule has 0 aliphatic carbocycles. The topological polar surface area (TPSA) is 35.5 Å². The standard InChI is InChI=1S/C12H20O3S/c1-3-5-9-14-11(13)7-8-12(16)15-10-6-4-2/h7-8H,3-6,9-10H2,1-2H3/b8-7-. The van der Waals surface area contributed by atoms with E-state index in [1.807, 2.05) is 6.92 Å². The summed E-state index contributed by atoms with van der Waals surface area (Å²) in [5.74, 6) is -0.366. The summed E-state index contributed by atoms with van der Waals surface area (Å²) in [6.07, 6.45) is 6.70. The lowest BCUT2D eigenvalue weighted by atomic mass is 10.4. The van der Waals surface area contributed by atoms with Gasteiger partial charge in [0.05, 0.1) is 13.2 Å². The summed E-state index contributed by atoms with van der Waals surface area (Å²) >= 11 is 4.90. The van der Waals surface area contributed by atoms with Crippen LogP contribution in [0.5, 0.6) is 0 Å². The van der Waals surface area contributed by atoms with Crippen LogP contribution in [0.25, 0.3) is 0 Å². The van der Waals surface area contributed by atoms with Gasteiger partial charge < -0.3 is 9.47 Å². The Bertz CT molecular complexity index is 212. The average molecular weight is 244 g/mol. The number of carbonyl (C=O) groups excluding carboxylic acids is 1. The Hall–Kier alpha value is -0.900. The minimum absolute atomic E-state index is 0.334. The van der Waals surface area contributed by atoms with Gasteiger partial charge in [-0.25, -0.2) is 4.79 Å². The van der Waals surface area contributed by atoms with Crippen LogP contribution in [0.15, 0.2) is 12.2 Å². The molecule has 0 fully saturated rings. The van der Waals surface area contributed by atoms with Crippen LogP contribution >= 0.6 is 12.2 Å². The van der Waals surface area contributed by atoms with Crippen molar-refractivity contribution in [3.05, 3.63) is 12.2 Å². The Kier molecular flexibility index (Phi) is 10.0. The summed E-state index contributed by atoms with van der Waals surface area (Å²) in [7, 11) is 0. The van der Waals surface area contributed by atoms with Gasteiger partial charge in [-0.3, -0.25) is 0 Å². The Morgan fingerprint density at radius 3 is 2.19 bits per heavy atom. The summed E-state index contributed by atoms with van der Waals surface area (Å²) in [6, 6.07) is 0. The Morgan fingerprint density at radius 1 is 1.06 bits per heavy atom. The molecule has 16 heavy (non-hydrogen) atoms. The molecule has 0 aromatic rings. The van der Waals surface area contributed by atoms with Crippen molar-refractivity contribution in [2.24, 2.45) is 0 Å². The van der Waals surface area contributed by atoms with E-state index in [1.165, 1.54) is 12.2 Å². The van der Waals surface area contributed by atoms with Crippen LogP contribution in [-0.2, 0) is 14.3 Å². The van der Waals surface area contributed by atoms with Crippen LogP contribution < -0.4 is 0 Å². The molecule has 4 heteroatoms. The third-order valence-corrected chi connectivity index (χ3v) is 2.09. The largest absolute Gasteiger partial charge is 0.483 e. The quantitative estimate of drug-likeness (QED) is 0.284. The number of carbonyl (C=O) groups is 1. The average Bonchev–Trinajstić information content (AvgIpc) is 2.27. The van der Waals surface area contributed by atoms with Crippen LogP contribution in [0.2, 0.25) is 0 Å². The van der Waals surface area contributed by atoms with Crippen LogP contribution in [0, 0.1) is 0 Å². The van der Waals surface area contributed by atoms with E-state index in [-0.39, 0.29) is 5.97 Å². The molecule has 0 unspecified atom stereocenters. The molecule has 0 atom stereocenters. The molecule has 0 heterocycles. The molecule has 0 aliphatic rings. The molecule has 92 valence electrons. The lowest BCUT2D eigenvalue weighted by molar-refractivity contribution is -0.137. The molecule has 0 aromatic carbocycles. The number of thiocarbonyl (C=S) groups is 1. The van der Waals surface area contributed by atoms with E-state index >= 15 is 0 Å². The molecule has 0 aromatic heterocycles. The second kappa shape index (κ2) is 10.6. The van der Waals surface area contributed by atoms with Gasteiger partial charge in [0.25, 0.3) is 0 Å². The smallest absolute Gasteiger partial charge is 0.330 e. The number of esters is 1. The van der Waals surface area contributed by atoms with Crippen LogP contribution in [0.1, 0.15) is 39.5 Å². The van der Waals surface area contributed by atoms with Crippen LogP contribution in [0.4, 0.5) is 0 Å². The number of unbranched alkanes of at least 4 members (excludes halogenated alkanes) is 2. The minimum atomic E-state index is -0.366. The SMILES string of the molecule is CCCCOC(=O)/C=C\C(=S)OCCCC. The zero-order chi connectivity index (χ0) is 12.2. The maximum absolute atomic E-state index is 11.1. The third-order valence-electron chi connectivity index (χ3n) is 1.84. The Labute approximate surface area is 103 Å². The maximum Gasteiger partial charge on any atom is 0.330 e. The molecule has 0 saturated heterocycles. The predicted molar refractivity (Wildman–Crippen MR) is 68.5 cm³/mol. The zero-order valence-electron chi connectivity index (χ0n) is 10.0. The monoisotopic (exact) mass is 244 g/mol. The van der Waals surface area contributed by atoms with Gasteiger partial charge >= 0.3 is 5.97 Å². The van der Waals surface area contributed by atoms with Crippen molar-refractivity contribution in [1.29, 1.82) is 0 Å². The molecule has 0 radical (unpaired) electrons. The second-order valence-electron chi connectivity index (χ2n) is 3.38. The minimum Gasteiger partial charge on any atom is -0.483 e. The fourth-order valence-electron chi connectivity index (χ4n) is 0.867. The first-order chi connectivity index (χ1) is 7.70. The highest BCUT2D eigenvalue weighted by Gasteiger charge is 1.97. The van der Waals surface area contributed by atoms with Crippen molar-refractivity contribution >= 4 is 23.2 Å². The lowest BCUT2D eigenvalue weighted by Crippen LogP contribution is -2.04. The van der Waals surface area contributed by atoms with Gasteiger partial charge in [0.2, 0.25) is 0 Å². The first-order valence-electron chi connectivity index (χ1n) is 5.72. The zero-order valence-corrected chi connectivity index (χ0v) is 10.8. The first kappa shape index (κ1) is 15.1. The van der Waals surface area contributed by atoms with E-state index in [2.05, 4.69) is 6.92 Å². The molecule has 0 N–H and O–H groups in total. The number of hydrogen-bond donors (Lipinski definition) is 0. The van der Waals surface area contributed by atoms with E-state index in [1.54, 1.807) is 0 Å². The second-order valence-corrected chi connectivity index (χ2v) is 3.78. The van der Waals surface area contributed by atoms with E-state index in [4.69, 9.17) is 21.7 Å². The first-order valence-corrected chi connectivity index (χ1v) is 6.13. The Balaban J connectivity index is 3.63. The highest BCUT2D eigenvalue weighted by molar-refractivity contribution is 7.80.